The van der Waals surface area contributed by atoms with Crippen LogP contribution < -0.4 is 5.32 Å². The van der Waals surface area contributed by atoms with Gasteiger partial charge in [-0.15, -0.1) is 0 Å². The third-order valence-electron chi connectivity index (χ3n) is 4.08. The summed E-state index contributed by atoms with van der Waals surface area (Å²) in [6.45, 7) is 2.01. The molecule has 142 valence electrons. The molecule has 0 spiro atoms. The predicted molar refractivity (Wildman–Crippen MR) is 90.4 cm³/mol. The first kappa shape index (κ1) is 21.3. The van der Waals surface area contributed by atoms with E-state index in [9.17, 15) is 13.2 Å². The Labute approximate surface area is 145 Å². The Kier molecular flexibility index (Phi) is 9.80. The number of carbonyl (C=O) groups is 1. The standard InChI is InChI=1S/C16H31NO6S/c1-2-3-4-5-6-7-8-9-10-11-12-16(15(19)17-13-14-18)22-24(20,21)23-16/h18H,2-14H2,1H3,(H,17,19). The van der Waals surface area contributed by atoms with Crippen molar-refractivity contribution in [2.75, 3.05) is 13.2 Å². The summed E-state index contributed by atoms with van der Waals surface area (Å²) in [5.41, 5.74) is 0. The Morgan fingerprint density at radius 3 is 1.92 bits per heavy atom. The molecule has 1 aliphatic heterocycles. The molecule has 0 saturated carbocycles. The maximum Gasteiger partial charge on any atom is 0.406 e. The highest BCUT2D eigenvalue weighted by atomic mass is 32.3. The fourth-order valence-electron chi connectivity index (χ4n) is 2.76. The highest BCUT2D eigenvalue weighted by Gasteiger charge is 2.57. The molecule has 7 nitrogen and oxygen atoms in total. The number of hydrogen-bond acceptors (Lipinski definition) is 6. The average Bonchev–Trinajstić information content (AvgIpc) is 2.52. The van der Waals surface area contributed by atoms with Crippen LogP contribution in [0.4, 0.5) is 0 Å². The summed E-state index contributed by atoms with van der Waals surface area (Å²) in [5, 5.41) is 11.1. The van der Waals surface area contributed by atoms with Crippen molar-refractivity contribution in [1.82, 2.24) is 5.32 Å². The van der Waals surface area contributed by atoms with Crippen molar-refractivity contribution in [1.29, 1.82) is 0 Å². The number of rotatable bonds is 14. The lowest BCUT2D eigenvalue weighted by atomic mass is 10.0. The molecule has 0 bridgehead atoms. The van der Waals surface area contributed by atoms with Crippen molar-refractivity contribution < 1.29 is 26.7 Å². The molecule has 8 heteroatoms. The molecule has 24 heavy (non-hydrogen) atoms. The van der Waals surface area contributed by atoms with Gasteiger partial charge in [-0.1, -0.05) is 64.7 Å². The highest BCUT2D eigenvalue weighted by Crippen LogP contribution is 2.36. The first-order chi connectivity index (χ1) is 11.5. The summed E-state index contributed by atoms with van der Waals surface area (Å²) in [4.78, 5) is 11.9. The Hall–Kier alpha value is -0.700. The van der Waals surface area contributed by atoms with Crippen LogP contribution in [-0.2, 0) is 23.6 Å². The van der Waals surface area contributed by atoms with Gasteiger partial charge in [-0.25, -0.2) is 8.37 Å². The summed E-state index contributed by atoms with van der Waals surface area (Å²) in [5.74, 6) is -2.39. The van der Waals surface area contributed by atoms with Crippen molar-refractivity contribution >= 4 is 16.3 Å². The third-order valence-corrected chi connectivity index (χ3v) is 5.02. The van der Waals surface area contributed by atoms with E-state index in [4.69, 9.17) is 13.5 Å². The topological polar surface area (TPSA) is 102 Å². The molecule has 1 heterocycles. The molecule has 1 saturated heterocycles. The Morgan fingerprint density at radius 2 is 1.46 bits per heavy atom. The molecule has 1 aliphatic rings. The maximum atomic E-state index is 11.9. The molecule has 0 atom stereocenters. The molecule has 0 aromatic heterocycles. The molecule has 0 radical (unpaired) electrons. The normalized spacial score (nSPS) is 18.1. The van der Waals surface area contributed by atoms with Crippen LogP contribution in [0.5, 0.6) is 0 Å². The fraction of sp³-hybridized carbons (Fsp3) is 0.938. The van der Waals surface area contributed by atoms with Crippen molar-refractivity contribution in [3.63, 3.8) is 0 Å². The van der Waals surface area contributed by atoms with Crippen LogP contribution in [0.15, 0.2) is 0 Å². The van der Waals surface area contributed by atoms with Gasteiger partial charge >= 0.3 is 10.4 Å². The van der Waals surface area contributed by atoms with Gasteiger partial charge in [-0.05, 0) is 6.42 Å². The van der Waals surface area contributed by atoms with Crippen molar-refractivity contribution in [3.05, 3.63) is 0 Å². The summed E-state index contributed by atoms with van der Waals surface area (Å²) in [6, 6.07) is 0. The maximum absolute atomic E-state index is 11.9. The minimum atomic E-state index is -4.04. The smallest absolute Gasteiger partial charge is 0.395 e. The number of aliphatic hydroxyl groups is 1. The van der Waals surface area contributed by atoms with Crippen LogP contribution in [0, 0.1) is 0 Å². The largest absolute Gasteiger partial charge is 0.406 e. The summed E-state index contributed by atoms with van der Waals surface area (Å²) >= 11 is 0. The van der Waals surface area contributed by atoms with E-state index < -0.39 is 22.1 Å². The second-order valence-electron chi connectivity index (χ2n) is 6.24. The Morgan fingerprint density at radius 1 is 0.958 bits per heavy atom. The Balaban J connectivity index is 2.17. The third kappa shape index (κ3) is 7.46. The number of hydrogen-bond donors (Lipinski definition) is 2. The summed E-state index contributed by atoms with van der Waals surface area (Å²) in [7, 11) is -4.04. The zero-order chi connectivity index (χ0) is 17.9. The van der Waals surface area contributed by atoms with Crippen molar-refractivity contribution in [2.24, 2.45) is 0 Å². The second-order valence-corrected chi connectivity index (χ2v) is 7.39. The van der Waals surface area contributed by atoms with E-state index in [1.807, 2.05) is 0 Å². The average molecular weight is 365 g/mol. The van der Waals surface area contributed by atoms with Crippen LogP contribution in [0.25, 0.3) is 0 Å². The Bertz CT molecular complexity index is 453. The second kappa shape index (κ2) is 11.0. The monoisotopic (exact) mass is 365 g/mol. The lowest BCUT2D eigenvalue weighted by Gasteiger charge is -2.37. The van der Waals surface area contributed by atoms with E-state index in [1.165, 1.54) is 38.5 Å². The van der Waals surface area contributed by atoms with E-state index in [0.717, 1.165) is 19.3 Å². The van der Waals surface area contributed by atoms with Crippen LogP contribution in [-0.4, -0.2) is 38.4 Å². The lowest BCUT2D eigenvalue weighted by molar-refractivity contribution is -0.201. The quantitative estimate of drug-likeness (QED) is 0.458. The number of amides is 1. The van der Waals surface area contributed by atoms with Gasteiger partial charge in [0.2, 0.25) is 0 Å². The number of nitrogens with one attached hydrogen (secondary N) is 1. The minimum absolute atomic E-state index is 0.0331. The first-order valence-electron chi connectivity index (χ1n) is 9.01. The van der Waals surface area contributed by atoms with Gasteiger partial charge < -0.3 is 10.4 Å². The van der Waals surface area contributed by atoms with E-state index in [2.05, 4.69) is 12.2 Å². The summed E-state index contributed by atoms with van der Waals surface area (Å²) in [6.07, 6.45) is 11.6. The van der Waals surface area contributed by atoms with Gasteiger partial charge in [0.15, 0.2) is 0 Å². The molecular formula is C16H31NO6S. The molecular weight excluding hydrogens is 334 g/mol. The van der Waals surface area contributed by atoms with Crippen LogP contribution in [0.1, 0.15) is 77.6 Å². The van der Waals surface area contributed by atoms with E-state index in [0.29, 0.717) is 6.42 Å². The zero-order valence-corrected chi connectivity index (χ0v) is 15.4. The molecule has 1 rings (SSSR count). The van der Waals surface area contributed by atoms with E-state index >= 15 is 0 Å². The molecule has 1 amide bonds. The van der Waals surface area contributed by atoms with E-state index in [1.54, 1.807) is 0 Å². The SMILES string of the molecule is CCCCCCCCCCCCC1(C(=O)NCCO)OS(=O)(=O)O1. The molecule has 1 fully saturated rings. The molecule has 2 N–H and O–H groups in total. The summed E-state index contributed by atoms with van der Waals surface area (Å²) < 4.78 is 31.6. The highest BCUT2D eigenvalue weighted by molar-refractivity contribution is 7.83. The zero-order valence-electron chi connectivity index (χ0n) is 14.6. The van der Waals surface area contributed by atoms with Crippen LogP contribution in [0.3, 0.4) is 0 Å². The minimum Gasteiger partial charge on any atom is -0.395 e. The van der Waals surface area contributed by atoms with Gasteiger partial charge in [-0.2, -0.15) is 8.42 Å². The molecule has 0 aliphatic carbocycles. The van der Waals surface area contributed by atoms with E-state index in [-0.39, 0.29) is 19.6 Å². The molecule has 0 aromatic rings. The number of unbranched alkanes of at least 4 members (excludes halogenated alkanes) is 9. The van der Waals surface area contributed by atoms with Gasteiger partial charge in [0.25, 0.3) is 11.7 Å². The van der Waals surface area contributed by atoms with Gasteiger partial charge in [-0.3, -0.25) is 4.79 Å². The van der Waals surface area contributed by atoms with Crippen LogP contribution >= 0.6 is 0 Å². The van der Waals surface area contributed by atoms with Gasteiger partial charge in [0.05, 0.1) is 6.61 Å². The number of aliphatic hydroxyl groups excluding tert-OH is 1. The molecule has 0 aromatic carbocycles. The van der Waals surface area contributed by atoms with Gasteiger partial charge in [0, 0.05) is 13.0 Å². The van der Waals surface area contributed by atoms with Crippen molar-refractivity contribution in [3.8, 4) is 0 Å². The molecule has 0 unspecified atom stereocenters. The van der Waals surface area contributed by atoms with Gasteiger partial charge in [0.1, 0.15) is 0 Å². The first-order valence-corrected chi connectivity index (χ1v) is 10.3. The fourth-order valence-corrected chi connectivity index (χ4v) is 3.75. The predicted octanol–water partition coefficient (Wildman–Crippen LogP) is 2.39. The lowest BCUT2D eigenvalue weighted by Crippen LogP contribution is -2.60. The number of carbonyl (C=O) groups excluding carboxylic acids is 1. The van der Waals surface area contributed by atoms with Crippen LogP contribution in [0.2, 0.25) is 0 Å². The van der Waals surface area contributed by atoms with Crippen molar-refractivity contribution in [2.45, 2.75) is 83.3 Å².